The summed E-state index contributed by atoms with van der Waals surface area (Å²) in [6, 6.07) is 2.93. The summed E-state index contributed by atoms with van der Waals surface area (Å²) in [5, 5.41) is 10.9. The SMILES string of the molecule is COC(=O)c1ccc(C=NO)o1. The third-order valence-corrected chi connectivity index (χ3v) is 1.20. The fourth-order valence-electron chi connectivity index (χ4n) is 0.689. The Balaban J connectivity index is 2.84. The molecule has 0 fully saturated rings. The zero-order chi connectivity index (χ0) is 8.97. The zero-order valence-electron chi connectivity index (χ0n) is 6.35. The highest BCUT2D eigenvalue weighted by Crippen LogP contribution is 2.06. The fourth-order valence-corrected chi connectivity index (χ4v) is 0.689. The van der Waals surface area contributed by atoms with Gasteiger partial charge in [0, 0.05) is 0 Å². The zero-order valence-corrected chi connectivity index (χ0v) is 6.35. The normalized spacial score (nSPS) is 10.4. The van der Waals surface area contributed by atoms with Crippen molar-refractivity contribution >= 4 is 12.2 Å². The molecule has 0 atom stereocenters. The minimum Gasteiger partial charge on any atom is -0.463 e. The molecular weight excluding hydrogens is 162 g/mol. The van der Waals surface area contributed by atoms with E-state index in [-0.39, 0.29) is 11.5 Å². The Kier molecular flexibility index (Phi) is 2.47. The number of carbonyl (C=O) groups is 1. The summed E-state index contributed by atoms with van der Waals surface area (Å²) in [5.41, 5.74) is 0. The van der Waals surface area contributed by atoms with E-state index < -0.39 is 5.97 Å². The molecule has 12 heavy (non-hydrogen) atoms. The Labute approximate surface area is 68.2 Å². The van der Waals surface area contributed by atoms with Gasteiger partial charge in [0.15, 0.2) is 0 Å². The van der Waals surface area contributed by atoms with Crippen molar-refractivity contribution in [2.45, 2.75) is 0 Å². The third kappa shape index (κ3) is 1.63. The number of methoxy groups -OCH3 is 1. The molecule has 0 saturated carbocycles. The average molecular weight is 169 g/mol. The number of carbonyl (C=O) groups excluding carboxylic acids is 1. The van der Waals surface area contributed by atoms with Crippen LogP contribution in [-0.4, -0.2) is 24.5 Å². The van der Waals surface area contributed by atoms with Gasteiger partial charge in [-0.3, -0.25) is 0 Å². The fraction of sp³-hybridized carbons (Fsp3) is 0.143. The largest absolute Gasteiger partial charge is 0.463 e. The Morgan fingerprint density at radius 3 is 3.08 bits per heavy atom. The second-order valence-electron chi connectivity index (χ2n) is 1.94. The minimum atomic E-state index is -0.562. The lowest BCUT2D eigenvalue weighted by Gasteiger charge is -1.91. The molecule has 5 nitrogen and oxygen atoms in total. The Bertz CT molecular complexity index is 302. The summed E-state index contributed by atoms with van der Waals surface area (Å²) in [6.07, 6.45) is 1.08. The van der Waals surface area contributed by atoms with E-state index in [2.05, 4.69) is 9.89 Å². The van der Waals surface area contributed by atoms with Gasteiger partial charge >= 0.3 is 5.97 Å². The van der Waals surface area contributed by atoms with E-state index in [9.17, 15) is 4.79 Å². The van der Waals surface area contributed by atoms with Crippen molar-refractivity contribution in [2.75, 3.05) is 7.11 Å². The Morgan fingerprint density at radius 2 is 2.50 bits per heavy atom. The van der Waals surface area contributed by atoms with Crippen molar-refractivity contribution in [1.29, 1.82) is 0 Å². The number of esters is 1. The maximum Gasteiger partial charge on any atom is 0.373 e. The molecule has 1 N–H and O–H groups in total. The van der Waals surface area contributed by atoms with E-state index in [4.69, 9.17) is 9.62 Å². The van der Waals surface area contributed by atoms with Crippen LogP contribution >= 0.6 is 0 Å². The van der Waals surface area contributed by atoms with Crippen molar-refractivity contribution in [3.8, 4) is 0 Å². The highest BCUT2D eigenvalue weighted by Gasteiger charge is 2.09. The molecule has 64 valence electrons. The van der Waals surface area contributed by atoms with E-state index in [1.165, 1.54) is 19.2 Å². The lowest BCUT2D eigenvalue weighted by Crippen LogP contribution is -1.98. The van der Waals surface area contributed by atoms with Gasteiger partial charge in [-0.15, -0.1) is 0 Å². The molecule has 1 rings (SSSR count). The van der Waals surface area contributed by atoms with E-state index in [0.717, 1.165) is 6.21 Å². The van der Waals surface area contributed by atoms with Gasteiger partial charge in [0.2, 0.25) is 5.76 Å². The predicted octanol–water partition coefficient (Wildman–Crippen LogP) is 0.874. The molecule has 1 aromatic heterocycles. The summed E-state index contributed by atoms with van der Waals surface area (Å²) in [4.78, 5) is 10.8. The first-order chi connectivity index (χ1) is 5.77. The number of furan rings is 1. The second kappa shape index (κ2) is 3.56. The number of hydrogen-bond donors (Lipinski definition) is 1. The molecule has 1 aromatic rings. The molecule has 0 amide bonds. The van der Waals surface area contributed by atoms with Gasteiger partial charge in [0.05, 0.1) is 7.11 Å². The lowest BCUT2D eigenvalue weighted by atomic mass is 10.4. The van der Waals surface area contributed by atoms with Gasteiger partial charge in [0.25, 0.3) is 0 Å². The van der Waals surface area contributed by atoms with Gasteiger partial charge in [0.1, 0.15) is 12.0 Å². The van der Waals surface area contributed by atoms with Crippen molar-refractivity contribution in [2.24, 2.45) is 5.16 Å². The first kappa shape index (κ1) is 8.32. The maximum absolute atomic E-state index is 10.8. The van der Waals surface area contributed by atoms with Crippen LogP contribution in [0.2, 0.25) is 0 Å². The first-order valence-electron chi connectivity index (χ1n) is 3.13. The van der Waals surface area contributed by atoms with Crippen LogP contribution in [0.15, 0.2) is 21.7 Å². The van der Waals surface area contributed by atoms with Crippen LogP contribution < -0.4 is 0 Å². The third-order valence-electron chi connectivity index (χ3n) is 1.20. The molecular formula is C7H7NO4. The van der Waals surface area contributed by atoms with Crippen molar-refractivity contribution in [3.05, 3.63) is 23.7 Å². The molecule has 5 heteroatoms. The van der Waals surface area contributed by atoms with Gasteiger partial charge in [-0.05, 0) is 12.1 Å². The van der Waals surface area contributed by atoms with Gasteiger partial charge < -0.3 is 14.4 Å². The Hall–Kier alpha value is -1.78. The number of ether oxygens (including phenoxy) is 1. The van der Waals surface area contributed by atoms with Crippen molar-refractivity contribution < 1.29 is 19.2 Å². The quantitative estimate of drug-likeness (QED) is 0.308. The summed E-state index contributed by atoms with van der Waals surface area (Å²) < 4.78 is 9.28. The van der Waals surface area contributed by atoms with Crippen LogP contribution in [0.1, 0.15) is 16.3 Å². The van der Waals surface area contributed by atoms with E-state index in [1.54, 1.807) is 0 Å². The highest BCUT2D eigenvalue weighted by atomic mass is 16.5. The first-order valence-corrected chi connectivity index (χ1v) is 3.13. The Morgan fingerprint density at radius 1 is 1.75 bits per heavy atom. The molecule has 0 saturated heterocycles. The molecule has 0 aliphatic heterocycles. The summed E-state index contributed by atoms with van der Waals surface area (Å²) in [5.74, 6) is -0.196. The topological polar surface area (TPSA) is 72.0 Å². The van der Waals surface area contributed by atoms with Crippen LogP contribution in [0, 0.1) is 0 Å². The monoisotopic (exact) mass is 169 g/mol. The number of rotatable bonds is 2. The maximum atomic E-state index is 10.8. The van der Waals surface area contributed by atoms with Gasteiger partial charge in [-0.1, -0.05) is 5.16 Å². The predicted molar refractivity (Wildman–Crippen MR) is 39.4 cm³/mol. The van der Waals surface area contributed by atoms with Crippen LogP contribution in [0.5, 0.6) is 0 Å². The van der Waals surface area contributed by atoms with Crippen LogP contribution in [0.25, 0.3) is 0 Å². The molecule has 0 radical (unpaired) electrons. The molecule has 0 bridgehead atoms. The van der Waals surface area contributed by atoms with E-state index in [0.29, 0.717) is 0 Å². The average Bonchev–Trinajstić information content (AvgIpc) is 2.52. The molecule has 1 heterocycles. The minimum absolute atomic E-state index is 0.0763. The number of oxime groups is 1. The van der Waals surface area contributed by atoms with Crippen LogP contribution in [-0.2, 0) is 4.74 Å². The molecule has 0 spiro atoms. The molecule has 0 aliphatic carbocycles. The second-order valence-corrected chi connectivity index (χ2v) is 1.94. The molecule has 0 aromatic carbocycles. The van der Waals surface area contributed by atoms with E-state index in [1.807, 2.05) is 0 Å². The van der Waals surface area contributed by atoms with Crippen molar-refractivity contribution in [1.82, 2.24) is 0 Å². The van der Waals surface area contributed by atoms with Gasteiger partial charge in [-0.2, -0.15) is 0 Å². The molecule has 0 unspecified atom stereocenters. The number of nitrogens with zero attached hydrogens (tertiary/aromatic N) is 1. The summed E-state index contributed by atoms with van der Waals surface area (Å²) in [7, 11) is 1.25. The summed E-state index contributed by atoms with van der Waals surface area (Å²) >= 11 is 0. The number of hydrogen-bond acceptors (Lipinski definition) is 5. The summed E-state index contributed by atoms with van der Waals surface area (Å²) in [6.45, 7) is 0. The van der Waals surface area contributed by atoms with Crippen LogP contribution in [0.4, 0.5) is 0 Å². The smallest absolute Gasteiger partial charge is 0.373 e. The van der Waals surface area contributed by atoms with Crippen LogP contribution in [0.3, 0.4) is 0 Å². The standard InChI is InChI=1S/C7H7NO4/c1-11-7(9)6-3-2-5(12-6)4-8-10/h2-4,10H,1H3. The highest BCUT2D eigenvalue weighted by molar-refractivity contribution is 5.87. The van der Waals surface area contributed by atoms with Gasteiger partial charge in [-0.25, -0.2) is 4.79 Å². The molecule has 0 aliphatic rings. The van der Waals surface area contributed by atoms with Crippen molar-refractivity contribution in [3.63, 3.8) is 0 Å². The van der Waals surface area contributed by atoms with E-state index >= 15 is 0 Å². The lowest BCUT2D eigenvalue weighted by molar-refractivity contribution is 0.0564.